The largest absolute Gasteiger partial charge is 0.248 e. The van der Waals surface area contributed by atoms with Gasteiger partial charge in [-0.25, -0.2) is 9.38 Å². The minimum atomic E-state index is -0.212. The van der Waals surface area contributed by atoms with Crippen molar-refractivity contribution in [2.24, 2.45) is 4.99 Å². The van der Waals surface area contributed by atoms with Gasteiger partial charge in [0.05, 0.1) is 11.4 Å². The van der Waals surface area contributed by atoms with E-state index < -0.39 is 0 Å². The molecule has 0 aliphatic carbocycles. The van der Waals surface area contributed by atoms with Crippen LogP contribution in [0.2, 0.25) is 0 Å². The average Bonchev–Trinajstić information content (AvgIpc) is 2.70. The number of rotatable bonds is 3. The van der Waals surface area contributed by atoms with E-state index in [2.05, 4.69) is 60.9 Å². The Balaban J connectivity index is 1.72. The van der Waals surface area contributed by atoms with Crippen LogP contribution in [-0.2, 0) is 0 Å². The molecular formula is C23H18FNS2. The smallest absolute Gasteiger partial charge is 0.123 e. The minimum Gasteiger partial charge on any atom is -0.248 e. The van der Waals surface area contributed by atoms with Gasteiger partial charge in [0, 0.05) is 21.1 Å². The lowest BCUT2D eigenvalue weighted by Crippen LogP contribution is -2.13. The van der Waals surface area contributed by atoms with Gasteiger partial charge in [0.2, 0.25) is 0 Å². The molecule has 3 aromatic carbocycles. The minimum absolute atomic E-state index is 0.212. The molecule has 4 rings (SSSR count). The molecule has 0 aromatic heterocycles. The lowest BCUT2D eigenvalue weighted by molar-refractivity contribution is 0.626. The summed E-state index contributed by atoms with van der Waals surface area (Å²) in [4.78, 5) is 7.24. The molecule has 0 N–H and O–H groups in total. The molecule has 134 valence electrons. The number of hydrogen-bond acceptors (Lipinski definition) is 3. The molecule has 0 unspecified atom stereocenters. The third kappa shape index (κ3) is 4.34. The predicted molar refractivity (Wildman–Crippen MR) is 115 cm³/mol. The van der Waals surface area contributed by atoms with Gasteiger partial charge in [0.15, 0.2) is 0 Å². The van der Waals surface area contributed by atoms with Crippen LogP contribution in [0.5, 0.6) is 0 Å². The van der Waals surface area contributed by atoms with Crippen molar-refractivity contribution in [2.75, 3.05) is 5.75 Å². The van der Waals surface area contributed by atoms with Crippen LogP contribution in [0.1, 0.15) is 11.1 Å². The van der Waals surface area contributed by atoms with Gasteiger partial charge >= 0.3 is 0 Å². The maximum absolute atomic E-state index is 13.1. The fourth-order valence-corrected chi connectivity index (χ4v) is 4.71. The van der Waals surface area contributed by atoms with E-state index in [1.165, 1.54) is 33.7 Å². The lowest BCUT2D eigenvalue weighted by Gasteiger charge is -2.20. The second kappa shape index (κ2) is 8.15. The summed E-state index contributed by atoms with van der Waals surface area (Å²) in [6.45, 7) is 2.08. The number of fused-ring (bicyclic) bond motifs is 1. The zero-order valence-electron chi connectivity index (χ0n) is 14.9. The molecule has 1 heterocycles. The van der Waals surface area contributed by atoms with Gasteiger partial charge in [0.1, 0.15) is 5.82 Å². The summed E-state index contributed by atoms with van der Waals surface area (Å²) >= 11 is 3.43. The average molecular weight is 392 g/mol. The Morgan fingerprint density at radius 1 is 0.963 bits per heavy atom. The van der Waals surface area contributed by atoms with Crippen molar-refractivity contribution in [3.8, 4) is 0 Å². The van der Waals surface area contributed by atoms with E-state index in [1.807, 2.05) is 11.8 Å². The van der Waals surface area contributed by atoms with Crippen molar-refractivity contribution in [3.63, 3.8) is 0 Å². The molecule has 27 heavy (non-hydrogen) atoms. The van der Waals surface area contributed by atoms with Gasteiger partial charge in [-0.3, -0.25) is 0 Å². The molecule has 0 fully saturated rings. The summed E-state index contributed by atoms with van der Waals surface area (Å²) in [7, 11) is 0. The summed E-state index contributed by atoms with van der Waals surface area (Å²) in [6, 6.07) is 23.3. The Morgan fingerprint density at radius 3 is 2.48 bits per heavy atom. The van der Waals surface area contributed by atoms with E-state index in [9.17, 15) is 4.39 Å². The number of hydrogen-bond donors (Lipinski definition) is 0. The molecular weight excluding hydrogens is 373 g/mol. The topological polar surface area (TPSA) is 12.4 Å². The fourth-order valence-electron chi connectivity index (χ4n) is 2.81. The Labute approximate surface area is 167 Å². The summed E-state index contributed by atoms with van der Waals surface area (Å²) in [5, 5.41) is 2.14. The molecule has 0 saturated heterocycles. The second-order valence-electron chi connectivity index (χ2n) is 6.30. The quantitative estimate of drug-likeness (QED) is 0.444. The zero-order chi connectivity index (χ0) is 18.6. The molecule has 0 saturated carbocycles. The van der Waals surface area contributed by atoms with Crippen molar-refractivity contribution < 1.29 is 4.39 Å². The van der Waals surface area contributed by atoms with Crippen molar-refractivity contribution in [1.82, 2.24) is 0 Å². The predicted octanol–water partition coefficient (Wildman–Crippen LogP) is 7.04. The lowest BCUT2D eigenvalue weighted by atomic mass is 10.0. The van der Waals surface area contributed by atoms with Crippen LogP contribution in [0.4, 0.5) is 10.1 Å². The molecule has 3 aromatic rings. The molecule has 0 bridgehead atoms. The van der Waals surface area contributed by atoms with E-state index in [0.29, 0.717) is 0 Å². The molecule has 0 amide bonds. The van der Waals surface area contributed by atoms with Crippen LogP contribution in [0, 0.1) is 12.7 Å². The number of thioether (sulfide) groups is 2. The molecule has 0 spiro atoms. The highest BCUT2D eigenvalue weighted by atomic mass is 32.2. The van der Waals surface area contributed by atoms with E-state index >= 15 is 0 Å². The number of aliphatic imine (C=N–C) groups is 1. The van der Waals surface area contributed by atoms with Crippen LogP contribution in [0.3, 0.4) is 0 Å². The van der Waals surface area contributed by atoms with Crippen molar-refractivity contribution in [1.29, 1.82) is 0 Å². The number of nitrogens with zero attached hydrogens (tertiary/aromatic N) is 1. The van der Waals surface area contributed by atoms with Crippen LogP contribution < -0.4 is 0 Å². The maximum Gasteiger partial charge on any atom is 0.123 e. The van der Waals surface area contributed by atoms with Crippen LogP contribution >= 0.6 is 23.5 Å². The van der Waals surface area contributed by atoms with Crippen LogP contribution in [0.15, 0.2) is 98.6 Å². The van der Waals surface area contributed by atoms with E-state index in [-0.39, 0.29) is 5.82 Å². The first-order chi connectivity index (χ1) is 13.2. The third-order valence-electron chi connectivity index (χ3n) is 4.26. The highest BCUT2D eigenvalue weighted by Gasteiger charge is 2.20. The molecule has 1 aliphatic rings. The molecule has 1 nitrogen and oxygen atoms in total. The van der Waals surface area contributed by atoms with E-state index in [0.717, 1.165) is 22.0 Å². The normalized spacial score (nSPS) is 16.5. The molecule has 4 heteroatoms. The first-order valence-corrected chi connectivity index (χ1v) is 10.5. The first kappa shape index (κ1) is 18.1. The standard InChI is InChI=1S/C23H18FNS2/c1-16-6-10-19(11-7-16)25-23-17(14-26-20-12-8-18(24)9-13-20)15-27-22-5-3-2-4-21(22)23/h2-14H,15H2,1H3/b17-14+,25-23-. The second-order valence-corrected chi connectivity index (χ2v) is 8.26. The number of aryl methyl sites for hydroxylation is 1. The van der Waals surface area contributed by atoms with Gasteiger partial charge in [0.25, 0.3) is 0 Å². The monoisotopic (exact) mass is 391 g/mol. The Kier molecular flexibility index (Phi) is 5.46. The number of halogens is 1. The summed E-state index contributed by atoms with van der Waals surface area (Å²) in [5.41, 5.74) is 5.55. The van der Waals surface area contributed by atoms with Gasteiger partial charge in [-0.05, 0) is 60.4 Å². The Hall–Kier alpha value is -2.30. The van der Waals surface area contributed by atoms with Crippen LogP contribution in [-0.4, -0.2) is 11.5 Å². The molecule has 1 aliphatic heterocycles. The Bertz CT molecular complexity index is 1010. The SMILES string of the molecule is Cc1ccc(/N=C2/C(=C/Sc3ccc(F)cc3)CSc3ccccc32)cc1. The van der Waals surface area contributed by atoms with Crippen molar-refractivity contribution in [2.45, 2.75) is 16.7 Å². The Morgan fingerprint density at radius 2 is 1.70 bits per heavy atom. The zero-order valence-corrected chi connectivity index (χ0v) is 16.5. The van der Waals surface area contributed by atoms with E-state index in [1.54, 1.807) is 23.9 Å². The number of benzene rings is 3. The van der Waals surface area contributed by atoms with Crippen LogP contribution in [0.25, 0.3) is 0 Å². The van der Waals surface area contributed by atoms with Gasteiger partial charge in [-0.2, -0.15) is 0 Å². The third-order valence-corrected chi connectivity index (χ3v) is 6.32. The van der Waals surface area contributed by atoms with Gasteiger partial charge in [-0.1, -0.05) is 47.7 Å². The van der Waals surface area contributed by atoms with Gasteiger partial charge < -0.3 is 0 Å². The fraction of sp³-hybridized carbons (Fsp3) is 0.0870. The maximum atomic E-state index is 13.1. The van der Waals surface area contributed by atoms with Gasteiger partial charge in [-0.15, -0.1) is 11.8 Å². The summed E-state index contributed by atoms with van der Waals surface area (Å²) in [6.07, 6.45) is 0. The van der Waals surface area contributed by atoms with E-state index in [4.69, 9.17) is 4.99 Å². The summed E-state index contributed by atoms with van der Waals surface area (Å²) < 4.78 is 13.1. The summed E-state index contributed by atoms with van der Waals surface area (Å²) in [5.74, 6) is 0.659. The highest BCUT2D eigenvalue weighted by molar-refractivity contribution is 8.02. The molecule has 0 atom stereocenters. The first-order valence-electron chi connectivity index (χ1n) is 8.68. The van der Waals surface area contributed by atoms with Crippen molar-refractivity contribution >= 4 is 34.9 Å². The molecule has 0 radical (unpaired) electrons. The highest BCUT2D eigenvalue weighted by Crippen LogP contribution is 2.36. The van der Waals surface area contributed by atoms with Crippen molar-refractivity contribution in [3.05, 3.63) is 101 Å².